The number of ether oxygens (including phenoxy) is 1. The minimum absolute atomic E-state index is 0.0468. The van der Waals surface area contributed by atoms with Crippen LogP contribution in [0.5, 0.6) is 5.88 Å². The van der Waals surface area contributed by atoms with Crippen molar-refractivity contribution in [2.75, 3.05) is 19.7 Å². The van der Waals surface area contributed by atoms with Crippen LogP contribution in [0, 0.1) is 0 Å². The van der Waals surface area contributed by atoms with E-state index in [1.807, 2.05) is 39.7 Å². The van der Waals surface area contributed by atoms with Gasteiger partial charge in [-0.25, -0.2) is 0 Å². The average molecular weight is 403 g/mol. The van der Waals surface area contributed by atoms with Gasteiger partial charge in [-0.05, 0) is 50.4 Å². The maximum absolute atomic E-state index is 12.6. The highest BCUT2D eigenvalue weighted by Crippen LogP contribution is 2.53. The molecule has 3 aromatic rings. The molecule has 0 unspecified atom stereocenters. The number of rotatable bonds is 4. The number of carbonyl (C=O) groups excluding carboxylic acids is 1. The van der Waals surface area contributed by atoms with Crippen molar-refractivity contribution < 1.29 is 9.53 Å². The van der Waals surface area contributed by atoms with Gasteiger partial charge in [-0.2, -0.15) is 4.52 Å². The lowest BCUT2D eigenvalue weighted by atomic mass is 9.67. The van der Waals surface area contributed by atoms with Crippen LogP contribution in [0.3, 0.4) is 0 Å². The van der Waals surface area contributed by atoms with E-state index in [-0.39, 0.29) is 12.5 Å². The van der Waals surface area contributed by atoms with Crippen LogP contribution in [-0.4, -0.2) is 50.3 Å². The topological polar surface area (TPSA) is 72.6 Å². The summed E-state index contributed by atoms with van der Waals surface area (Å²) in [7, 11) is 0. The third kappa shape index (κ3) is 2.79. The zero-order valence-electron chi connectivity index (χ0n) is 17.0. The van der Waals surface area contributed by atoms with Gasteiger partial charge in [0.25, 0.3) is 5.91 Å². The molecule has 2 bridgehead atoms. The smallest absolute Gasteiger partial charge is 0.260 e. The number of benzene rings is 1. The van der Waals surface area contributed by atoms with E-state index in [1.165, 1.54) is 24.0 Å². The third-order valence-corrected chi connectivity index (χ3v) is 6.96. The first-order valence-corrected chi connectivity index (χ1v) is 11.0. The number of fused-ring (bicyclic) bond motifs is 3. The Hall–Kier alpha value is -2.96. The lowest BCUT2D eigenvalue weighted by molar-refractivity contribution is -0.132. The van der Waals surface area contributed by atoms with E-state index in [0.29, 0.717) is 23.5 Å². The van der Waals surface area contributed by atoms with Gasteiger partial charge in [-0.15, -0.1) is 15.3 Å². The molecular formula is C23H25N5O2. The molecule has 7 nitrogen and oxygen atoms in total. The predicted octanol–water partition coefficient (Wildman–Crippen LogP) is 3.55. The summed E-state index contributed by atoms with van der Waals surface area (Å²) in [5.41, 5.74) is 4.23. The average Bonchev–Trinajstić information content (AvgIpc) is 3.49. The monoisotopic (exact) mass is 403 g/mol. The molecule has 7 heteroatoms. The van der Waals surface area contributed by atoms with Gasteiger partial charge in [0.15, 0.2) is 18.1 Å². The molecule has 0 atom stereocenters. The maximum Gasteiger partial charge on any atom is 0.260 e. The molecule has 30 heavy (non-hydrogen) atoms. The summed E-state index contributed by atoms with van der Waals surface area (Å²) in [5, 5.41) is 13.9. The minimum Gasteiger partial charge on any atom is -0.466 e. The summed E-state index contributed by atoms with van der Waals surface area (Å²) >= 11 is 0. The van der Waals surface area contributed by atoms with Gasteiger partial charge >= 0.3 is 0 Å². The zero-order valence-corrected chi connectivity index (χ0v) is 17.0. The van der Waals surface area contributed by atoms with Gasteiger partial charge in [-0.3, -0.25) is 4.79 Å². The highest BCUT2D eigenvalue weighted by atomic mass is 16.5. The molecule has 3 aliphatic carbocycles. The first kappa shape index (κ1) is 17.9. The van der Waals surface area contributed by atoms with Crippen molar-refractivity contribution in [3.05, 3.63) is 41.5 Å². The number of amides is 1. The van der Waals surface area contributed by atoms with Gasteiger partial charge < -0.3 is 9.64 Å². The van der Waals surface area contributed by atoms with Gasteiger partial charge in [0.05, 0.1) is 0 Å². The van der Waals surface area contributed by atoms with Crippen LogP contribution >= 0.6 is 0 Å². The fraction of sp³-hybridized carbons (Fsp3) is 0.478. The van der Waals surface area contributed by atoms with Crippen molar-refractivity contribution in [2.24, 2.45) is 0 Å². The molecule has 1 saturated carbocycles. The van der Waals surface area contributed by atoms with Crippen LogP contribution in [0.4, 0.5) is 0 Å². The molecule has 1 aliphatic heterocycles. The van der Waals surface area contributed by atoms with Crippen molar-refractivity contribution in [2.45, 2.75) is 50.4 Å². The molecule has 2 fully saturated rings. The molecule has 1 amide bonds. The van der Waals surface area contributed by atoms with Gasteiger partial charge in [0.2, 0.25) is 5.88 Å². The van der Waals surface area contributed by atoms with E-state index < -0.39 is 0 Å². The minimum atomic E-state index is 0.0468. The standard InChI is InChI=1S/C23H25N5O2/c29-18(27-12-4-5-13-27)14-30-23-20-16-10-8-15(9-11-16)19(20)22-25-24-21(28(22)26-23)17-6-2-1-3-7-17/h1-3,6-7,15-16H,4-5,8-14H2. The molecule has 0 radical (unpaired) electrons. The van der Waals surface area contributed by atoms with Crippen LogP contribution in [0.2, 0.25) is 0 Å². The van der Waals surface area contributed by atoms with Crippen molar-refractivity contribution >= 4 is 11.6 Å². The molecule has 3 heterocycles. The molecule has 2 aromatic heterocycles. The van der Waals surface area contributed by atoms with Crippen molar-refractivity contribution in [3.63, 3.8) is 0 Å². The Balaban J connectivity index is 1.44. The Morgan fingerprint density at radius 1 is 0.967 bits per heavy atom. The SMILES string of the molecule is O=C(COc1nn2c(-c3ccccc3)nnc2c2c1C1CCC2CC1)N1CCCC1. The van der Waals surface area contributed by atoms with E-state index in [4.69, 9.17) is 9.84 Å². The Labute approximate surface area is 175 Å². The normalized spacial score (nSPS) is 22.5. The van der Waals surface area contributed by atoms with Gasteiger partial charge in [-0.1, -0.05) is 30.3 Å². The lowest BCUT2D eigenvalue weighted by Crippen LogP contribution is -2.33. The fourth-order valence-electron chi connectivity index (χ4n) is 5.45. The number of likely N-dealkylation sites (tertiary alicyclic amines) is 1. The highest BCUT2D eigenvalue weighted by molar-refractivity contribution is 5.78. The predicted molar refractivity (Wildman–Crippen MR) is 111 cm³/mol. The van der Waals surface area contributed by atoms with Crippen molar-refractivity contribution in [1.82, 2.24) is 24.7 Å². The first-order valence-electron chi connectivity index (χ1n) is 11.0. The van der Waals surface area contributed by atoms with E-state index in [2.05, 4.69) is 10.2 Å². The molecule has 0 spiro atoms. The molecule has 1 aromatic carbocycles. The summed E-state index contributed by atoms with van der Waals surface area (Å²) in [5.74, 6) is 2.27. The molecule has 1 saturated heterocycles. The van der Waals surface area contributed by atoms with Crippen LogP contribution in [0.15, 0.2) is 30.3 Å². The van der Waals surface area contributed by atoms with E-state index in [0.717, 1.165) is 50.0 Å². The summed E-state index contributed by atoms with van der Waals surface area (Å²) < 4.78 is 7.94. The number of carbonyl (C=O) groups is 1. The Morgan fingerprint density at radius 3 is 2.40 bits per heavy atom. The molecule has 7 rings (SSSR count). The Bertz CT molecular complexity index is 1100. The van der Waals surface area contributed by atoms with E-state index in [1.54, 1.807) is 0 Å². The zero-order chi connectivity index (χ0) is 20.1. The fourth-order valence-corrected chi connectivity index (χ4v) is 5.45. The number of hydrogen-bond donors (Lipinski definition) is 0. The molecule has 0 N–H and O–H groups in total. The second-order valence-corrected chi connectivity index (χ2v) is 8.68. The quantitative estimate of drug-likeness (QED) is 0.666. The van der Waals surface area contributed by atoms with Crippen LogP contribution in [-0.2, 0) is 4.79 Å². The number of nitrogens with zero attached hydrogens (tertiary/aromatic N) is 5. The number of aromatic nitrogens is 4. The lowest BCUT2D eigenvalue weighted by Gasteiger charge is -2.38. The molecule has 154 valence electrons. The summed E-state index contributed by atoms with van der Waals surface area (Å²) in [6.07, 6.45) is 6.83. The second kappa shape index (κ2) is 7.07. The van der Waals surface area contributed by atoms with E-state index in [9.17, 15) is 4.79 Å². The van der Waals surface area contributed by atoms with Gasteiger partial charge in [0, 0.05) is 29.8 Å². The maximum atomic E-state index is 12.6. The second-order valence-electron chi connectivity index (χ2n) is 8.68. The molecular weight excluding hydrogens is 378 g/mol. The highest BCUT2D eigenvalue weighted by Gasteiger charge is 2.39. The summed E-state index contributed by atoms with van der Waals surface area (Å²) in [4.78, 5) is 14.5. The Morgan fingerprint density at radius 2 is 1.67 bits per heavy atom. The largest absolute Gasteiger partial charge is 0.466 e. The van der Waals surface area contributed by atoms with Crippen LogP contribution in [0.25, 0.3) is 17.0 Å². The summed E-state index contributed by atoms with van der Waals surface area (Å²) in [6.45, 7) is 1.72. The summed E-state index contributed by atoms with van der Waals surface area (Å²) in [6, 6.07) is 9.99. The van der Waals surface area contributed by atoms with Crippen molar-refractivity contribution in [3.8, 4) is 17.3 Å². The van der Waals surface area contributed by atoms with Crippen LogP contribution < -0.4 is 4.74 Å². The third-order valence-electron chi connectivity index (χ3n) is 6.96. The Kier molecular flexibility index (Phi) is 4.21. The van der Waals surface area contributed by atoms with E-state index >= 15 is 0 Å². The van der Waals surface area contributed by atoms with Gasteiger partial charge in [0.1, 0.15) is 0 Å². The first-order chi connectivity index (χ1) is 14.8. The molecule has 4 aliphatic rings. The number of hydrogen-bond acceptors (Lipinski definition) is 5. The van der Waals surface area contributed by atoms with Crippen LogP contribution in [0.1, 0.15) is 61.5 Å². The van der Waals surface area contributed by atoms with Crippen molar-refractivity contribution in [1.29, 1.82) is 0 Å².